The fourth-order valence-electron chi connectivity index (χ4n) is 9.27. The summed E-state index contributed by atoms with van der Waals surface area (Å²) in [5, 5.41) is 8.94. The molecule has 1 fully saturated rings. The Morgan fingerprint density at radius 3 is 2.47 bits per heavy atom. The third-order valence-electron chi connectivity index (χ3n) is 13.4. The van der Waals surface area contributed by atoms with Crippen LogP contribution in [0.4, 0.5) is 11.5 Å². The molecule has 1 aromatic carbocycles. The van der Waals surface area contributed by atoms with Crippen LogP contribution in [0.25, 0.3) is 0 Å². The molecule has 21 nitrogen and oxygen atoms in total. The average molecular weight is 1140 g/mol. The Bertz CT molecular complexity index is 2650. The first-order chi connectivity index (χ1) is 36.5. The zero-order valence-corrected chi connectivity index (χ0v) is 45.9. The SMILES string of the molecule is CCCCN1C2=C/C=C/C=C/C3=Nc4c(cc(Br)c[n+]4CCOCCC(=O)NC(C(=O)NCCOCCC(=O)ON4C(=O)CCC4=O)CCCCNC(=O)CCOCCC2c2cc(S(=O)(=O)O)ccc21)C3(C)CCOC. The fraction of sp³-hybridized carbons (Fsp3) is 0.547. The number of methoxy groups -OCH3 is 1. The molecule has 6 rings (SSSR count). The number of ether oxygens (including phenoxy) is 4. The second kappa shape index (κ2) is 29.2. The van der Waals surface area contributed by atoms with Crippen LogP contribution in [-0.4, -0.2) is 138 Å². The number of benzene rings is 1. The summed E-state index contributed by atoms with van der Waals surface area (Å²) in [6, 6.07) is 5.85. The normalized spacial score (nSPS) is 22.4. The Kier molecular flexibility index (Phi) is 22.9. The predicted octanol–water partition coefficient (Wildman–Crippen LogP) is 4.88. The Balaban J connectivity index is 1.16. The number of allylic oxidation sites excluding steroid dienone is 6. The largest absolute Gasteiger partial charge is 0.385 e. The molecule has 5 amide bonds. The van der Waals surface area contributed by atoms with Crippen LogP contribution < -0.4 is 25.4 Å². The molecule has 3 atom stereocenters. The van der Waals surface area contributed by atoms with Gasteiger partial charge in [-0.2, -0.15) is 8.42 Å². The summed E-state index contributed by atoms with van der Waals surface area (Å²) in [6.07, 6.45) is 15.8. The van der Waals surface area contributed by atoms with E-state index in [9.17, 15) is 41.7 Å². The number of nitrogens with zero attached hydrogens (tertiary/aromatic N) is 4. The summed E-state index contributed by atoms with van der Waals surface area (Å²) < 4.78 is 60.6. The lowest BCUT2D eigenvalue weighted by Crippen LogP contribution is -2.47. The Hall–Kier alpha value is -5.69. The van der Waals surface area contributed by atoms with Crippen LogP contribution in [0, 0.1) is 0 Å². The molecule has 1 aromatic heterocycles. The number of hydroxylamine groups is 2. The second-order valence-electron chi connectivity index (χ2n) is 18.9. The van der Waals surface area contributed by atoms with Crippen molar-refractivity contribution in [2.75, 3.05) is 77.9 Å². The van der Waals surface area contributed by atoms with Gasteiger partial charge in [-0.1, -0.05) is 31.6 Å². The fourth-order valence-corrected chi connectivity index (χ4v) is 10.3. The van der Waals surface area contributed by atoms with Crippen LogP contribution in [0.15, 0.2) is 80.9 Å². The van der Waals surface area contributed by atoms with Crippen LogP contribution in [0.2, 0.25) is 0 Å². The topological polar surface area (TPSA) is 262 Å². The molecule has 0 spiro atoms. The summed E-state index contributed by atoms with van der Waals surface area (Å²) in [6.45, 7) is 6.92. The minimum Gasteiger partial charge on any atom is -0.385 e. The Morgan fingerprint density at radius 1 is 0.961 bits per heavy atom. The molecule has 2 aromatic rings. The number of rotatable bonds is 15. The van der Waals surface area contributed by atoms with Gasteiger partial charge in [0.1, 0.15) is 18.8 Å². The van der Waals surface area contributed by atoms with E-state index in [1.54, 1.807) is 13.2 Å². The molecule has 0 aliphatic carbocycles. The first-order valence-corrected chi connectivity index (χ1v) is 28.2. The number of imide groups is 1. The second-order valence-corrected chi connectivity index (χ2v) is 21.3. The maximum Gasteiger partial charge on any atom is 0.335 e. The van der Waals surface area contributed by atoms with E-state index in [1.807, 2.05) is 41.1 Å². The predicted molar refractivity (Wildman–Crippen MR) is 283 cm³/mol. The van der Waals surface area contributed by atoms with Gasteiger partial charge in [-0.3, -0.25) is 28.5 Å². The van der Waals surface area contributed by atoms with Gasteiger partial charge in [-0.25, -0.2) is 9.36 Å². The minimum atomic E-state index is -4.48. The zero-order chi connectivity index (χ0) is 54.7. The number of carbonyl (C=O) groups is 6. The summed E-state index contributed by atoms with van der Waals surface area (Å²) in [5.41, 5.74) is 3.89. The Labute approximate surface area is 452 Å². The van der Waals surface area contributed by atoms with Crippen molar-refractivity contribution in [3.63, 3.8) is 0 Å². The summed E-state index contributed by atoms with van der Waals surface area (Å²) in [7, 11) is -2.81. The van der Waals surface area contributed by atoms with Crippen molar-refractivity contribution in [1.29, 1.82) is 0 Å². The quantitative estimate of drug-likeness (QED) is 0.0802. The van der Waals surface area contributed by atoms with E-state index in [4.69, 9.17) is 28.8 Å². The maximum absolute atomic E-state index is 13.4. The number of aromatic nitrogens is 1. The molecule has 23 heteroatoms. The maximum atomic E-state index is 13.4. The zero-order valence-electron chi connectivity index (χ0n) is 43.5. The number of pyridine rings is 1. The highest BCUT2D eigenvalue weighted by atomic mass is 79.9. The molecule has 4 aliphatic rings. The van der Waals surface area contributed by atoms with E-state index in [1.165, 1.54) is 12.1 Å². The molecule has 3 unspecified atom stereocenters. The number of hydrogen-bond acceptors (Lipinski definition) is 15. The standard InChI is InChI=1S/C53H70BrN7O14S/c1-4-5-25-60-43-12-7-6-8-13-45-53(2,22-31-71-3)41-34-37(54)36-59(51(41)58-45)26-33-74-29-20-47(63)57-42(52(67)56-24-32-73-30-21-50(66)75-61-48(64)16-17-49(61)65)11-9-10-23-55-46(62)19-28-72-27-18-39(43)40-35-38(76(68,69)70)14-15-44(40)60/h6-8,12-15,34-36,39,42H,4-5,9-11,16-33H2,1-3H3,(H3-,55,56,57,62,63,67,68,69,70)/p+1. The molecule has 2 bridgehead atoms. The summed E-state index contributed by atoms with van der Waals surface area (Å²) in [4.78, 5) is 87.1. The van der Waals surface area contributed by atoms with Gasteiger partial charge in [0, 0.05) is 82.9 Å². The van der Waals surface area contributed by atoms with E-state index >= 15 is 0 Å². The number of anilines is 1. The van der Waals surface area contributed by atoms with E-state index in [2.05, 4.69) is 56.7 Å². The molecular weight excluding hydrogens is 1070 g/mol. The molecule has 5 heterocycles. The van der Waals surface area contributed by atoms with Crippen LogP contribution in [0.3, 0.4) is 0 Å². The van der Waals surface area contributed by atoms with Gasteiger partial charge in [0.2, 0.25) is 17.7 Å². The van der Waals surface area contributed by atoms with Crippen molar-refractivity contribution in [3.05, 3.63) is 82.1 Å². The highest BCUT2D eigenvalue weighted by molar-refractivity contribution is 9.10. The van der Waals surface area contributed by atoms with Crippen molar-refractivity contribution in [1.82, 2.24) is 21.0 Å². The lowest BCUT2D eigenvalue weighted by atomic mass is 9.77. The molecule has 0 saturated carbocycles. The number of nitrogens with one attached hydrogen (secondary N) is 3. The van der Waals surface area contributed by atoms with E-state index < -0.39 is 51.2 Å². The monoisotopic (exact) mass is 1140 g/mol. The van der Waals surface area contributed by atoms with Crippen molar-refractivity contribution in [3.8, 4) is 0 Å². The van der Waals surface area contributed by atoms with Gasteiger partial charge in [0.25, 0.3) is 21.9 Å². The lowest BCUT2D eigenvalue weighted by Gasteiger charge is -2.23. The summed E-state index contributed by atoms with van der Waals surface area (Å²) >= 11 is 3.71. The first kappa shape index (κ1) is 59.6. The van der Waals surface area contributed by atoms with E-state index in [0.717, 1.165) is 51.4 Å². The number of hydrogen-bond donors (Lipinski definition) is 4. The average Bonchev–Trinajstić information content (AvgIpc) is 3.97. The smallest absolute Gasteiger partial charge is 0.335 e. The molecule has 4 N–H and O–H groups in total. The van der Waals surface area contributed by atoms with Crippen LogP contribution in [0.5, 0.6) is 0 Å². The van der Waals surface area contributed by atoms with Crippen LogP contribution >= 0.6 is 15.9 Å². The molecular formula is C53H71BrN7O14S+. The van der Waals surface area contributed by atoms with Gasteiger partial charge in [-0.05, 0) is 108 Å². The number of aliphatic imine (C=N–C) groups is 1. The number of unbranched alkanes of at least 4 members (excludes halogenated alkanes) is 1. The van der Waals surface area contributed by atoms with Crippen LogP contribution in [-0.2, 0) is 74.6 Å². The van der Waals surface area contributed by atoms with Gasteiger partial charge < -0.3 is 44.6 Å². The molecule has 4 aliphatic heterocycles. The van der Waals surface area contributed by atoms with E-state index in [-0.39, 0.29) is 101 Å². The third-order valence-corrected chi connectivity index (χ3v) is 14.7. The first-order valence-electron chi connectivity index (χ1n) is 25.9. The van der Waals surface area contributed by atoms with Crippen molar-refractivity contribution < 1.29 is 70.1 Å². The van der Waals surface area contributed by atoms with Crippen molar-refractivity contribution >= 4 is 78.8 Å². The van der Waals surface area contributed by atoms with Crippen LogP contribution in [0.1, 0.15) is 108 Å². The van der Waals surface area contributed by atoms with Gasteiger partial charge in [-0.15, -0.1) is 5.06 Å². The number of fused-ring (bicyclic) bond motifs is 3. The highest BCUT2D eigenvalue weighted by Gasteiger charge is 2.46. The van der Waals surface area contributed by atoms with E-state index in [0.29, 0.717) is 57.0 Å². The lowest BCUT2D eigenvalue weighted by molar-refractivity contribution is -0.686. The molecule has 1 saturated heterocycles. The molecule has 0 radical (unpaired) electrons. The highest BCUT2D eigenvalue weighted by Crippen LogP contribution is 2.47. The Morgan fingerprint density at radius 2 is 1.72 bits per heavy atom. The minimum absolute atomic E-state index is 0.0112. The van der Waals surface area contributed by atoms with Crippen molar-refractivity contribution in [2.24, 2.45) is 4.99 Å². The van der Waals surface area contributed by atoms with Gasteiger partial charge in [0.15, 0.2) is 5.71 Å². The van der Waals surface area contributed by atoms with Crippen molar-refractivity contribution in [2.45, 2.75) is 120 Å². The molecule has 414 valence electrons. The number of amides is 5. The number of halogens is 1. The van der Waals surface area contributed by atoms with Gasteiger partial charge >= 0.3 is 11.8 Å². The summed E-state index contributed by atoms with van der Waals surface area (Å²) in [5.74, 6) is -2.55. The number of carbonyl (C=O) groups excluding carboxylic acids is 6. The third kappa shape index (κ3) is 16.7. The van der Waals surface area contributed by atoms with Gasteiger partial charge in [0.05, 0.1) is 59.8 Å². The molecule has 76 heavy (non-hydrogen) atoms.